The number of benzene rings is 2. The van der Waals surface area contributed by atoms with Gasteiger partial charge in [0.2, 0.25) is 11.9 Å². The first-order valence-electron chi connectivity index (χ1n) is 16.2. The molecule has 5 heterocycles. The molecule has 1 fully saturated rings. The lowest BCUT2D eigenvalue weighted by Gasteiger charge is -2.24. The van der Waals surface area contributed by atoms with Gasteiger partial charge in [-0.1, -0.05) is 35.9 Å². The molecular weight excluding hydrogens is 656 g/mol. The maximum Gasteiger partial charge on any atom is 0.229 e. The fraction of sp³-hybridized carbons (Fsp3) is 0.243. The predicted molar refractivity (Wildman–Crippen MR) is 197 cm³/mol. The maximum absolute atomic E-state index is 12.8. The molecule has 7 rings (SSSR count). The minimum Gasteiger partial charge on any atom is -0.491 e. The van der Waals surface area contributed by atoms with Gasteiger partial charge in [-0.15, -0.1) is 11.3 Å². The zero-order chi connectivity index (χ0) is 33.7. The fourth-order valence-corrected chi connectivity index (χ4v) is 6.98. The highest BCUT2D eigenvalue weighted by atomic mass is 35.5. The summed E-state index contributed by atoms with van der Waals surface area (Å²) in [6.07, 6.45) is 5.14. The molecule has 49 heavy (non-hydrogen) atoms. The third-order valence-electron chi connectivity index (χ3n) is 8.67. The molecule has 0 saturated carbocycles. The van der Waals surface area contributed by atoms with Gasteiger partial charge in [-0.2, -0.15) is 5.10 Å². The van der Waals surface area contributed by atoms with Crippen LogP contribution < -0.4 is 15.4 Å². The number of hydrogen-bond donors (Lipinski definition) is 2. The topological polar surface area (TPSA) is 99.9 Å². The smallest absolute Gasteiger partial charge is 0.229 e. The summed E-state index contributed by atoms with van der Waals surface area (Å²) in [6, 6.07) is 25.6. The van der Waals surface area contributed by atoms with Gasteiger partial charge in [-0.3, -0.25) is 9.69 Å². The Labute approximate surface area is 294 Å². The lowest BCUT2D eigenvalue weighted by Crippen LogP contribution is -2.36. The summed E-state index contributed by atoms with van der Waals surface area (Å²) < 4.78 is 7.96. The van der Waals surface area contributed by atoms with Crippen LogP contribution in [0.2, 0.25) is 5.02 Å². The van der Waals surface area contributed by atoms with Crippen LogP contribution in [0.25, 0.3) is 28.0 Å². The van der Waals surface area contributed by atoms with Crippen LogP contribution in [-0.2, 0) is 11.2 Å². The SMILES string of the molecule is CN1CCC(N(C)CCOc2cc(Nc3nccc(-c4c(-c5cccc(NC(=O)Cc6cccs6)c5)nn5ccccc45)n3)ccc2Cl)C1. The van der Waals surface area contributed by atoms with Gasteiger partial charge in [0.05, 0.1) is 28.2 Å². The van der Waals surface area contributed by atoms with Gasteiger partial charge in [0, 0.05) is 59.4 Å². The Kier molecular flexibility index (Phi) is 9.85. The Morgan fingerprint density at radius 1 is 1.08 bits per heavy atom. The van der Waals surface area contributed by atoms with E-state index in [1.807, 2.05) is 95.0 Å². The number of carbonyl (C=O) groups excluding carboxylic acids is 1. The number of likely N-dealkylation sites (N-methyl/N-ethyl adjacent to an activating group) is 2. The molecule has 1 saturated heterocycles. The summed E-state index contributed by atoms with van der Waals surface area (Å²) >= 11 is 8.09. The van der Waals surface area contributed by atoms with Crippen molar-refractivity contribution in [3.05, 3.63) is 107 Å². The number of rotatable bonds is 12. The molecule has 0 spiro atoms. The van der Waals surface area contributed by atoms with Gasteiger partial charge >= 0.3 is 0 Å². The summed E-state index contributed by atoms with van der Waals surface area (Å²) in [5, 5.41) is 13.8. The minimum atomic E-state index is -0.0680. The predicted octanol–water partition coefficient (Wildman–Crippen LogP) is 7.11. The molecule has 2 N–H and O–H groups in total. The van der Waals surface area contributed by atoms with Crippen LogP contribution in [0.4, 0.5) is 17.3 Å². The molecule has 4 aromatic heterocycles. The van der Waals surface area contributed by atoms with Crippen molar-refractivity contribution in [2.45, 2.75) is 18.9 Å². The third-order valence-corrected chi connectivity index (χ3v) is 9.85. The van der Waals surface area contributed by atoms with Gasteiger partial charge in [-0.25, -0.2) is 14.5 Å². The highest BCUT2D eigenvalue weighted by Gasteiger charge is 2.23. The first kappa shape index (κ1) is 32.7. The number of hydrogen-bond acceptors (Lipinski definition) is 9. The highest BCUT2D eigenvalue weighted by Crippen LogP contribution is 2.36. The van der Waals surface area contributed by atoms with Crippen LogP contribution in [0.1, 0.15) is 11.3 Å². The van der Waals surface area contributed by atoms with E-state index in [1.165, 1.54) is 6.42 Å². The largest absolute Gasteiger partial charge is 0.491 e. The number of nitrogens with zero attached hydrogens (tertiary/aromatic N) is 6. The molecule has 1 aliphatic heterocycles. The zero-order valence-corrected chi connectivity index (χ0v) is 28.9. The van der Waals surface area contributed by atoms with E-state index >= 15 is 0 Å². The van der Waals surface area contributed by atoms with E-state index in [4.69, 9.17) is 26.4 Å². The van der Waals surface area contributed by atoms with Gasteiger partial charge in [0.1, 0.15) is 18.1 Å². The van der Waals surface area contributed by atoms with Crippen molar-refractivity contribution < 1.29 is 9.53 Å². The van der Waals surface area contributed by atoms with E-state index in [-0.39, 0.29) is 5.91 Å². The number of ether oxygens (including phenoxy) is 1. The molecule has 10 nitrogen and oxygen atoms in total. The molecule has 2 aromatic carbocycles. The molecule has 250 valence electrons. The Bertz CT molecular complexity index is 2070. The third kappa shape index (κ3) is 7.76. The fourth-order valence-electron chi connectivity index (χ4n) is 6.11. The molecule has 1 atom stereocenters. The van der Waals surface area contributed by atoms with Gasteiger partial charge in [0.25, 0.3) is 0 Å². The van der Waals surface area contributed by atoms with Gasteiger partial charge in [-0.05, 0) is 81.0 Å². The standard InChI is InChI=1S/C37H37ClN8O2S/c1-44-17-14-28(24-44)45(2)18-19-48-33-22-27(11-12-30(33)38)41-37-39-15-13-31(42-37)35-32-10-3-4-16-46(32)43-36(35)25-7-5-8-26(21-25)40-34(47)23-29-9-6-20-49-29/h3-13,15-16,20-22,28H,14,17-19,23-24H2,1-2H3,(H,40,47)(H,39,41,42). The second kappa shape index (κ2) is 14.8. The molecule has 0 radical (unpaired) electrons. The van der Waals surface area contributed by atoms with Crippen molar-refractivity contribution in [2.24, 2.45) is 0 Å². The van der Waals surface area contributed by atoms with Crippen LogP contribution in [0.5, 0.6) is 5.75 Å². The van der Waals surface area contributed by atoms with Crippen molar-refractivity contribution in [3.63, 3.8) is 0 Å². The molecule has 6 aromatic rings. The number of fused-ring (bicyclic) bond motifs is 1. The molecule has 1 aliphatic rings. The minimum absolute atomic E-state index is 0.0680. The van der Waals surface area contributed by atoms with Crippen molar-refractivity contribution >= 4 is 51.7 Å². The lowest BCUT2D eigenvalue weighted by molar-refractivity contribution is -0.115. The number of anilines is 3. The Balaban J connectivity index is 1.10. The van der Waals surface area contributed by atoms with Crippen LogP contribution in [0.15, 0.2) is 96.6 Å². The number of aromatic nitrogens is 4. The van der Waals surface area contributed by atoms with Crippen molar-refractivity contribution in [3.8, 4) is 28.3 Å². The lowest BCUT2D eigenvalue weighted by atomic mass is 10.0. The number of likely N-dealkylation sites (tertiary alicyclic amines) is 1. The second-order valence-electron chi connectivity index (χ2n) is 12.2. The summed E-state index contributed by atoms with van der Waals surface area (Å²) in [4.78, 5) is 27.9. The monoisotopic (exact) mass is 692 g/mol. The summed E-state index contributed by atoms with van der Waals surface area (Å²) in [6.45, 7) is 3.54. The van der Waals surface area contributed by atoms with Crippen LogP contribution >= 0.6 is 22.9 Å². The summed E-state index contributed by atoms with van der Waals surface area (Å²) in [7, 11) is 4.31. The molecule has 1 amide bonds. The Hall–Kier alpha value is -4.81. The van der Waals surface area contributed by atoms with Gasteiger partial charge < -0.3 is 20.3 Å². The number of pyridine rings is 1. The highest BCUT2D eigenvalue weighted by molar-refractivity contribution is 7.10. The average molecular weight is 693 g/mol. The molecular formula is C37H37ClN8O2S. The Morgan fingerprint density at radius 2 is 2.00 bits per heavy atom. The van der Waals surface area contributed by atoms with Crippen LogP contribution in [0.3, 0.4) is 0 Å². The first-order valence-corrected chi connectivity index (χ1v) is 17.5. The molecule has 0 bridgehead atoms. The Morgan fingerprint density at radius 3 is 2.84 bits per heavy atom. The molecule has 12 heteroatoms. The number of nitrogens with one attached hydrogen (secondary N) is 2. The van der Waals surface area contributed by atoms with E-state index in [2.05, 4.69) is 39.5 Å². The van der Waals surface area contributed by atoms with Crippen LogP contribution in [-0.4, -0.2) is 81.7 Å². The number of amides is 1. The van der Waals surface area contributed by atoms with E-state index in [1.54, 1.807) is 17.5 Å². The number of carbonyl (C=O) groups is 1. The van der Waals surface area contributed by atoms with E-state index in [0.29, 0.717) is 47.2 Å². The summed E-state index contributed by atoms with van der Waals surface area (Å²) in [5.74, 6) is 0.959. The zero-order valence-electron chi connectivity index (χ0n) is 27.3. The number of thiophene rings is 1. The van der Waals surface area contributed by atoms with E-state index < -0.39 is 0 Å². The van der Waals surface area contributed by atoms with Crippen molar-refractivity contribution in [2.75, 3.05) is 51.0 Å². The first-order chi connectivity index (χ1) is 23.9. The van der Waals surface area contributed by atoms with Gasteiger partial charge in [0.15, 0.2) is 0 Å². The number of halogens is 1. The molecule has 1 unspecified atom stereocenters. The molecule has 0 aliphatic carbocycles. The van der Waals surface area contributed by atoms with E-state index in [0.717, 1.165) is 52.5 Å². The normalized spacial score (nSPS) is 14.8. The maximum atomic E-state index is 12.8. The summed E-state index contributed by atoms with van der Waals surface area (Å²) in [5.41, 5.74) is 5.50. The average Bonchev–Trinajstić information content (AvgIpc) is 3.87. The quantitative estimate of drug-likeness (QED) is 0.140. The van der Waals surface area contributed by atoms with Crippen molar-refractivity contribution in [1.82, 2.24) is 29.4 Å². The van der Waals surface area contributed by atoms with Crippen LogP contribution in [0, 0.1) is 0 Å². The van der Waals surface area contributed by atoms with Crippen molar-refractivity contribution in [1.29, 1.82) is 0 Å². The van der Waals surface area contributed by atoms with E-state index in [9.17, 15) is 4.79 Å². The second-order valence-corrected chi connectivity index (χ2v) is 13.6.